The van der Waals surface area contributed by atoms with Gasteiger partial charge in [0.1, 0.15) is 69.4 Å². The fraction of sp³-hybridized carbons (Fsp3) is 0.242. The van der Waals surface area contributed by atoms with Gasteiger partial charge >= 0.3 is 214 Å². The summed E-state index contributed by atoms with van der Waals surface area (Å²) in [5.74, 6) is 0.377. The molecule has 12 aromatic rings. The molecule has 0 saturated heterocycles. The Morgan fingerprint density at radius 3 is 0.870 bits per heavy atom. The van der Waals surface area contributed by atoms with Crippen molar-refractivity contribution < 1.29 is 159 Å². The molecule has 0 aromatic heterocycles. The van der Waals surface area contributed by atoms with Crippen LogP contribution in [0.4, 0.5) is 26.3 Å². The van der Waals surface area contributed by atoms with Crippen molar-refractivity contribution in [2.75, 3.05) is 0 Å². The number of rotatable bonds is 12. The third kappa shape index (κ3) is 49.3. The van der Waals surface area contributed by atoms with E-state index in [-0.39, 0.29) is 126 Å². The number of phenols is 6. The summed E-state index contributed by atoms with van der Waals surface area (Å²) in [7, 11) is 59.5. The van der Waals surface area contributed by atoms with Crippen molar-refractivity contribution in [1.29, 1.82) is 0 Å². The molecule has 12 rings (SSSR count). The maximum atomic E-state index is 14.3. The zero-order valence-electron chi connectivity index (χ0n) is 75.6. The SMILES string of the molecule is Cc1ccc(Pc2cc(C)cc(C(C)(C)C)c2O)c(F)c1.Cc1ccc(Pc2cc(C)cc(C)c2O)c(F)c1.Cc1ccc(Pc2cc(C)ccc2O)c(F)c1.Cc1ccc(Pc2cccc(C)c2O)c(F)c1.Cc1ccc(Pc2ccccc2O)c(F)c1.Cc1cccc(F)c1Pc1cc(C(C)(C)C)cc(C(C)(C)C)c1O.[Cl][Ti][Cl].[Cl][Ti][Cl].[Cl][Ti][Cl].[Cl][Ti][Cl].[Cl][Ti][Cl].[Cl][Ti][Cl]. The molecule has 0 spiro atoms. The minimum atomic E-state index is -0.556. The summed E-state index contributed by atoms with van der Waals surface area (Å²) in [5.41, 5.74) is 13.0. The Morgan fingerprint density at radius 1 is 0.221 bits per heavy atom. The molecule has 0 aliphatic heterocycles. The molecule has 0 radical (unpaired) electrons. The zero-order valence-corrected chi connectivity index (χ0v) is 100. The van der Waals surface area contributed by atoms with Gasteiger partial charge in [-0.15, -0.1) is 0 Å². The van der Waals surface area contributed by atoms with Crippen molar-refractivity contribution in [3.8, 4) is 34.5 Å². The van der Waals surface area contributed by atoms with E-state index in [1.807, 2.05) is 191 Å². The predicted octanol–water partition coefficient (Wildman–Crippen LogP) is 28.5. The molecule has 0 bridgehead atoms. The van der Waals surface area contributed by atoms with Gasteiger partial charge < -0.3 is 30.6 Å². The summed E-state index contributed by atoms with van der Waals surface area (Å²) in [5, 5.41) is 69.2. The number of aryl methyl sites for hydroxylation is 11. The summed E-state index contributed by atoms with van der Waals surface area (Å²) in [4.78, 5) is 0. The molecule has 12 aromatic carbocycles. The van der Waals surface area contributed by atoms with Gasteiger partial charge in [-0.1, -0.05) is 253 Å². The Bertz CT molecular complexity index is 5440. The fourth-order valence-corrected chi connectivity index (χ4v) is 18.6. The van der Waals surface area contributed by atoms with Crippen LogP contribution in [-0.4, -0.2) is 30.6 Å². The molecule has 0 saturated carbocycles. The van der Waals surface area contributed by atoms with Crippen molar-refractivity contribution >= 4 is 227 Å². The molecule has 0 heterocycles. The van der Waals surface area contributed by atoms with Crippen LogP contribution in [0.15, 0.2) is 206 Å². The molecular weight excluding hydrogens is 2250 g/mol. The summed E-state index contributed by atoms with van der Waals surface area (Å²) in [6.07, 6.45) is 0. The Hall–Kier alpha value is -0.634. The molecule has 131 heavy (non-hydrogen) atoms. The van der Waals surface area contributed by atoms with Crippen LogP contribution in [0, 0.1) is 111 Å². The van der Waals surface area contributed by atoms with Gasteiger partial charge in [0.05, 0.1) is 0 Å². The number of para-hydroxylation sites is 2. The van der Waals surface area contributed by atoms with E-state index in [1.165, 1.54) is 35.9 Å². The first-order valence-corrected chi connectivity index (χ1v) is 71.0. The minimum absolute atomic E-state index is 0.0305. The first-order valence-electron chi connectivity index (χ1n) is 39.2. The van der Waals surface area contributed by atoms with Gasteiger partial charge in [0, 0.05) is 74.8 Å². The number of aromatic hydroxyl groups is 6. The second-order valence-electron chi connectivity index (χ2n) is 31.9. The van der Waals surface area contributed by atoms with Crippen molar-refractivity contribution in [2.45, 2.75) is 155 Å². The third-order valence-electron chi connectivity index (χ3n) is 18.0. The maximum absolute atomic E-state index is 14.3. The van der Waals surface area contributed by atoms with Gasteiger partial charge in [0.2, 0.25) is 0 Å². The topological polar surface area (TPSA) is 121 Å². The van der Waals surface area contributed by atoms with Crippen LogP contribution in [-0.2, 0) is 118 Å². The molecule has 6 unspecified atom stereocenters. The van der Waals surface area contributed by atoms with Gasteiger partial charge in [-0.25, -0.2) is 26.3 Å². The normalized spacial score (nSPS) is 10.8. The number of benzene rings is 12. The standard InChI is InChI=1S/C21H28FOP.C18H22FOP.C15H16FOP.2C14H14FOP.C13H12FOP.12ClH.6Ti/c1-13-9-8-10-16(22)19(13)24-17-12-14(20(2,3)4)11-15(18(17)23)21(5,6)7;1-11-6-7-15(14(19)9-11)21-16-10-12(2)8-13(17(16)20)18(3,4)5;1-9-4-5-13(12(16)7-9)18-14-8-10(2)6-11(3)15(14)17;1-9-4-6-13(11(15)7-9)17-14-8-10(2)3-5-12(14)16;1-9-6-7-12(11(15)8-9)17-13-5-3-4-10(2)14(13)16;1-9-6-7-12(10(14)8-9)16-13-5-3-2-4-11(13)15;;;;;;;;;;;;;;;;;;/h8-12,23-24H,1-7H3;6-10,20-21H,1-5H3;4-8,17-18H,1-3H3;2*3-8,16-17H,1-2H3;2-8,15-16H,1H3;12*1H;;;;;;/q;;;;;;;;;;;;;;;;;;6*+2/p-12. The first-order chi connectivity index (χ1) is 61.3. The van der Waals surface area contributed by atoms with Crippen molar-refractivity contribution in [3.05, 3.63) is 319 Å². The Labute approximate surface area is 882 Å². The average Bonchev–Trinajstić information content (AvgIpc) is 0.780. The van der Waals surface area contributed by atoms with E-state index < -0.39 is 102 Å². The zero-order chi connectivity index (χ0) is 100.0. The van der Waals surface area contributed by atoms with Gasteiger partial charge in [-0.2, -0.15) is 0 Å². The van der Waals surface area contributed by atoms with Crippen LogP contribution in [0.1, 0.15) is 140 Å². The van der Waals surface area contributed by atoms with E-state index in [1.54, 1.807) is 54.6 Å². The molecular formula is C95H106Cl12F6O6P6Ti6. The molecule has 0 aliphatic carbocycles. The molecule has 36 heteroatoms. The number of hydrogen-bond acceptors (Lipinski definition) is 6. The molecule has 702 valence electrons. The van der Waals surface area contributed by atoms with Crippen molar-refractivity contribution in [3.63, 3.8) is 0 Å². The summed E-state index contributed by atoms with van der Waals surface area (Å²) < 4.78 is 83.1. The Kier molecular flexibility index (Phi) is 66.4. The fourth-order valence-electron chi connectivity index (χ4n) is 11.6. The van der Waals surface area contributed by atoms with E-state index in [0.29, 0.717) is 43.3 Å². The van der Waals surface area contributed by atoms with Gasteiger partial charge in [-0.3, -0.25) is 0 Å². The van der Waals surface area contributed by atoms with Crippen LogP contribution in [0.25, 0.3) is 0 Å². The van der Waals surface area contributed by atoms with Gasteiger partial charge in [0.25, 0.3) is 0 Å². The summed E-state index contributed by atoms with van der Waals surface area (Å²) in [6.45, 7) is 39.9. The van der Waals surface area contributed by atoms with Crippen LogP contribution in [0.2, 0.25) is 0 Å². The van der Waals surface area contributed by atoms with Crippen molar-refractivity contribution in [1.82, 2.24) is 0 Å². The van der Waals surface area contributed by atoms with E-state index in [0.717, 1.165) is 104 Å². The molecule has 6 nitrogen and oxygen atoms in total. The van der Waals surface area contributed by atoms with Crippen molar-refractivity contribution in [2.24, 2.45) is 0 Å². The van der Waals surface area contributed by atoms with E-state index in [9.17, 15) is 57.0 Å². The molecule has 6 N–H and O–H groups in total. The van der Waals surface area contributed by atoms with Crippen LogP contribution < -0.4 is 63.7 Å². The van der Waals surface area contributed by atoms with Crippen LogP contribution in [0.5, 0.6) is 34.5 Å². The summed E-state index contributed by atoms with van der Waals surface area (Å²) in [6, 6.07) is 61.1. The number of halogens is 18. The average molecular weight is 2360 g/mol. The predicted molar refractivity (Wildman–Crippen MR) is 551 cm³/mol. The van der Waals surface area contributed by atoms with E-state index in [2.05, 4.69) is 68.4 Å². The molecule has 0 amide bonds. The second kappa shape index (κ2) is 67.8. The Balaban J connectivity index is 0.000000759. The molecule has 6 atom stereocenters. The summed E-state index contributed by atoms with van der Waals surface area (Å²) >= 11 is -3.33. The number of hydrogen-bond donors (Lipinski definition) is 6. The van der Waals surface area contributed by atoms with Crippen LogP contribution in [0.3, 0.4) is 0 Å². The second-order valence-corrected chi connectivity index (χ2v) is 55.3. The Morgan fingerprint density at radius 2 is 0.504 bits per heavy atom. The van der Waals surface area contributed by atoms with Gasteiger partial charge in [-0.05, 0) is 226 Å². The number of phenolic OH excluding ortho intramolecular Hbond substituents is 6. The molecule has 0 fully saturated rings. The van der Waals surface area contributed by atoms with E-state index >= 15 is 0 Å². The third-order valence-corrected chi connectivity index (χ3v) is 26.3. The quantitative estimate of drug-likeness (QED) is 0.0412. The monoisotopic (exact) mass is 2350 g/mol. The van der Waals surface area contributed by atoms with Gasteiger partial charge in [0.15, 0.2) is 0 Å². The van der Waals surface area contributed by atoms with Crippen LogP contribution >= 0.6 is 163 Å². The molecule has 0 aliphatic rings. The van der Waals surface area contributed by atoms with E-state index in [4.69, 9.17) is 112 Å². The first kappa shape index (κ1) is 128.